The summed E-state index contributed by atoms with van der Waals surface area (Å²) in [5.74, 6) is 5.79. The van der Waals surface area contributed by atoms with Crippen molar-refractivity contribution < 1.29 is 4.79 Å². The predicted molar refractivity (Wildman–Crippen MR) is 113 cm³/mol. The predicted octanol–water partition coefficient (Wildman–Crippen LogP) is 7.21. The topological polar surface area (TPSA) is 17.1 Å². The van der Waals surface area contributed by atoms with E-state index in [4.69, 9.17) is 0 Å². The van der Waals surface area contributed by atoms with Crippen LogP contribution in [0.3, 0.4) is 0 Å². The Bertz CT molecular complexity index is 591. The van der Waals surface area contributed by atoms with Crippen LogP contribution in [0.5, 0.6) is 0 Å². The average Bonchev–Trinajstić information content (AvgIpc) is 2.98. The standard InChI is InChI=1S/C26H42O/c1-18(8-7-9-19(2)27)22-13-14-23-21-12-11-20-10-5-6-16-25(20,3)24(21)15-17-26(22,23)4/h7,9,18,20-24H,5-6,8,10-17H2,1-4H3/t18-,20?,21+,22-,23+,24+,25+,26-/m1/s1. The molecule has 152 valence electrons. The first-order chi connectivity index (χ1) is 12.9. The molecule has 0 aromatic rings. The minimum Gasteiger partial charge on any atom is -0.295 e. The Morgan fingerprint density at radius 3 is 2.52 bits per heavy atom. The Labute approximate surface area is 167 Å². The van der Waals surface area contributed by atoms with Crippen LogP contribution in [0.2, 0.25) is 0 Å². The molecule has 27 heavy (non-hydrogen) atoms. The van der Waals surface area contributed by atoms with Gasteiger partial charge < -0.3 is 0 Å². The average molecular weight is 371 g/mol. The van der Waals surface area contributed by atoms with Crippen molar-refractivity contribution in [2.24, 2.45) is 46.3 Å². The number of hydrogen-bond donors (Lipinski definition) is 0. The van der Waals surface area contributed by atoms with Crippen LogP contribution < -0.4 is 0 Å². The van der Waals surface area contributed by atoms with Crippen molar-refractivity contribution in [3.63, 3.8) is 0 Å². The minimum atomic E-state index is 0.190. The fourth-order valence-electron chi connectivity index (χ4n) is 8.88. The van der Waals surface area contributed by atoms with E-state index in [0.29, 0.717) is 16.7 Å². The first kappa shape index (κ1) is 19.7. The Balaban J connectivity index is 1.50. The SMILES string of the molecule is CC(=O)C=CC[C@@H](C)[C@H]1CC[C@H]2[C@@H]3CCC4CCCC[C@]4(C)[C@H]3CC[C@]12C. The first-order valence-electron chi connectivity index (χ1n) is 12.0. The smallest absolute Gasteiger partial charge is 0.152 e. The minimum absolute atomic E-state index is 0.190. The van der Waals surface area contributed by atoms with Gasteiger partial charge in [-0.3, -0.25) is 4.79 Å². The van der Waals surface area contributed by atoms with Crippen LogP contribution in [0, 0.1) is 46.3 Å². The van der Waals surface area contributed by atoms with E-state index in [1.807, 2.05) is 0 Å². The summed E-state index contributed by atoms with van der Waals surface area (Å²) in [5, 5.41) is 0. The Morgan fingerprint density at radius 1 is 0.963 bits per heavy atom. The van der Waals surface area contributed by atoms with Crippen LogP contribution in [-0.4, -0.2) is 5.78 Å². The van der Waals surface area contributed by atoms with Crippen LogP contribution in [0.25, 0.3) is 0 Å². The molecule has 0 aromatic heterocycles. The van der Waals surface area contributed by atoms with Crippen molar-refractivity contribution in [2.75, 3.05) is 0 Å². The largest absolute Gasteiger partial charge is 0.295 e. The lowest BCUT2D eigenvalue weighted by molar-refractivity contribution is -0.114. The number of fused-ring (bicyclic) bond motifs is 5. The molecule has 0 N–H and O–H groups in total. The van der Waals surface area contributed by atoms with Gasteiger partial charge in [0.1, 0.15) is 0 Å². The molecule has 8 atom stereocenters. The Morgan fingerprint density at radius 2 is 1.74 bits per heavy atom. The zero-order valence-corrected chi connectivity index (χ0v) is 18.3. The van der Waals surface area contributed by atoms with Gasteiger partial charge in [-0.2, -0.15) is 0 Å². The molecule has 4 aliphatic carbocycles. The van der Waals surface area contributed by atoms with E-state index in [2.05, 4.69) is 26.8 Å². The first-order valence-corrected chi connectivity index (χ1v) is 12.0. The van der Waals surface area contributed by atoms with Crippen molar-refractivity contribution >= 4 is 5.78 Å². The number of rotatable bonds is 4. The molecule has 0 radical (unpaired) electrons. The molecule has 4 fully saturated rings. The molecule has 1 heteroatoms. The second kappa shape index (κ2) is 7.34. The second-order valence-electron chi connectivity index (χ2n) is 11.4. The lowest BCUT2D eigenvalue weighted by Crippen LogP contribution is -2.53. The van der Waals surface area contributed by atoms with E-state index >= 15 is 0 Å². The molecule has 1 unspecified atom stereocenters. The van der Waals surface area contributed by atoms with Gasteiger partial charge in [-0.1, -0.05) is 39.7 Å². The van der Waals surface area contributed by atoms with E-state index in [1.165, 1.54) is 64.2 Å². The van der Waals surface area contributed by atoms with Gasteiger partial charge in [0.2, 0.25) is 0 Å². The summed E-state index contributed by atoms with van der Waals surface area (Å²) in [6, 6.07) is 0. The fourth-order valence-corrected chi connectivity index (χ4v) is 8.88. The van der Waals surface area contributed by atoms with Gasteiger partial charge in [-0.05, 0) is 117 Å². The summed E-state index contributed by atoms with van der Waals surface area (Å²) in [6.07, 6.45) is 19.9. The van der Waals surface area contributed by atoms with E-state index in [-0.39, 0.29) is 5.78 Å². The Hall–Kier alpha value is -0.590. The quantitative estimate of drug-likeness (QED) is 0.478. The molecule has 0 spiro atoms. The number of allylic oxidation sites excluding steroid dienone is 2. The maximum Gasteiger partial charge on any atom is 0.152 e. The molecule has 0 amide bonds. The molecule has 0 saturated heterocycles. The highest BCUT2D eigenvalue weighted by Crippen LogP contribution is 2.68. The van der Waals surface area contributed by atoms with Gasteiger partial charge in [-0.25, -0.2) is 0 Å². The van der Waals surface area contributed by atoms with Crippen LogP contribution in [-0.2, 0) is 4.79 Å². The molecule has 4 rings (SSSR count). The van der Waals surface area contributed by atoms with Crippen molar-refractivity contribution in [2.45, 2.75) is 98.3 Å². The van der Waals surface area contributed by atoms with Gasteiger partial charge in [-0.15, -0.1) is 0 Å². The third kappa shape index (κ3) is 3.25. The summed E-state index contributed by atoms with van der Waals surface area (Å²) in [7, 11) is 0. The van der Waals surface area contributed by atoms with Gasteiger partial charge in [0.25, 0.3) is 0 Å². The highest BCUT2D eigenvalue weighted by molar-refractivity contribution is 5.87. The molecular weight excluding hydrogens is 328 g/mol. The van der Waals surface area contributed by atoms with Gasteiger partial charge >= 0.3 is 0 Å². The van der Waals surface area contributed by atoms with Crippen molar-refractivity contribution in [1.82, 2.24) is 0 Å². The second-order valence-corrected chi connectivity index (χ2v) is 11.4. The summed E-state index contributed by atoms with van der Waals surface area (Å²) in [4.78, 5) is 11.3. The van der Waals surface area contributed by atoms with Gasteiger partial charge in [0.15, 0.2) is 5.78 Å². The van der Waals surface area contributed by atoms with E-state index in [9.17, 15) is 4.79 Å². The molecular formula is C26H42O. The molecule has 0 aliphatic heterocycles. The van der Waals surface area contributed by atoms with Gasteiger partial charge in [0.05, 0.1) is 0 Å². The molecule has 4 saturated carbocycles. The maximum absolute atomic E-state index is 11.3. The zero-order chi connectivity index (χ0) is 19.2. The van der Waals surface area contributed by atoms with Crippen molar-refractivity contribution in [3.05, 3.63) is 12.2 Å². The van der Waals surface area contributed by atoms with E-state index in [0.717, 1.165) is 36.0 Å². The Kier molecular flexibility index (Phi) is 5.36. The maximum atomic E-state index is 11.3. The highest BCUT2D eigenvalue weighted by Gasteiger charge is 2.59. The number of carbonyl (C=O) groups excluding carboxylic acids is 1. The lowest BCUT2D eigenvalue weighted by atomic mass is 9.44. The van der Waals surface area contributed by atoms with Gasteiger partial charge in [0, 0.05) is 0 Å². The fraction of sp³-hybridized carbons (Fsp3) is 0.885. The lowest BCUT2D eigenvalue weighted by Gasteiger charge is -2.61. The molecule has 0 heterocycles. The third-order valence-corrected chi connectivity index (χ3v) is 10.2. The molecule has 0 bridgehead atoms. The third-order valence-electron chi connectivity index (χ3n) is 10.2. The summed E-state index contributed by atoms with van der Waals surface area (Å²) >= 11 is 0. The summed E-state index contributed by atoms with van der Waals surface area (Å²) in [6.45, 7) is 9.47. The van der Waals surface area contributed by atoms with Crippen LogP contribution in [0.1, 0.15) is 98.3 Å². The summed E-state index contributed by atoms with van der Waals surface area (Å²) in [5.41, 5.74) is 1.22. The van der Waals surface area contributed by atoms with Crippen LogP contribution in [0.4, 0.5) is 0 Å². The highest BCUT2D eigenvalue weighted by atomic mass is 16.1. The van der Waals surface area contributed by atoms with E-state index in [1.54, 1.807) is 13.0 Å². The number of ketones is 1. The van der Waals surface area contributed by atoms with Crippen molar-refractivity contribution in [1.29, 1.82) is 0 Å². The van der Waals surface area contributed by atoms with E-state index < -0.39 is 0 Å². The molecule has 4 aliphatic rings. The summed E-state index contributed by atoms with van der Waals surface area (Å²) < 4.78 is 0. The number of carbonyl (C=O) groups is 1. The molecule has 0 aromatic carbocycles. The molecule has 1 nitrogen and oxygen atoms in total. The monoisotopic (exact) mass is 370 g/mol. The normalized spacial score (nSPS) is 47.9. The van der Waals surface area contributed by atoms with Crippen molar-refractivity contribution in [3.8, 4) is 0 Å². The number of hydrogen-bond acceptors (Lipinski definition) is 1. The zero-order valence-electron chi connectivity index (χ0n) is 18.3. The van der Waals surface area contributed by atoms with Crippen LogP contribution >= 0.6 is 0 Å². The van der Waals surface area contributed by atoms with Crippen LogP contribution in [0.15, 0.2) is 12.2 Å².